The number of thioether (sulfide) groups is 1. The molecule has 0 spiro atoms. The number of nitrogens with zero attached hydrogens (tertiary/aromatic N) is 3. The van der Waals surface area contributed by atoms with Crippen LogP contribution >= 0.6 is 23.1 Å². The number of ether oxygens (including phenoxy) is 2. The molecule has 1 fully saturated rings. The lowest BCUT2D eigenvalue weighted by atomic mass is 10.1. The van der Waals surface area contributed by atoms with Crippen LogP contribution in [0.5, 0.6) is 11.5 Å². The average Bonchev–Trinajstić information content (AvgIpc) is 3.43. The second-order valence-electron chi connectivity index (χ2n) is 11.1. The number of piperazine rings is 1. The maximum atomic E-state index is 13.2. The van der Waals surface area contributed by atoms with Gasteiger partial charge in [0.1, 0.15) is 16.5 Å². The Morgan fingerprint density at radius 2 is 1.67 bits per heavy atom. The Morgan fingerprint density at radius 3 is 2.29 bits per heavy atom. The Kier molecular flexibility index (Phi) is 9.95. The number of methoxy groups -OCH3 is 1. The molecule has 0 atom stereocenters. The topological polar surface area (TPSA) is 75.1 Å². The first-order chi connectivity index (χ1) is 21.4. The Bertz CT molecular complexity index is 1600. The summed E-state index contributed by atoms with van der Waals surface area (Å²) in [5.41, 5.74) is 0.649. The van der Waals surface area contributed by atoms with E-state index in [-0.39, 0.29) is 0 Å². The fourth-order valence-electron chi connectivity index (χ4n) is 4.82. The molecule has 1 saturated heterocycles. The van der Waals surface area contributed by atoms with Crippen LogP contribution in [-0.4, -0.2) is 59.8 Å². The molecule has 0 bridgehead atoms. The first kappa shape index (κ1) is 32.6. The first-order valence-electron chi connectivity index (χ1n) is 14.3. The molecule has 2 heterocycles. The fourth-order valence-corrected chi connectivity index (χ4v) is 6.90. The van der Waals surface area contributed by atoms with Gasteiger partial charge in [0.2, 0.25) is 0 Å². The van der Waals surface area contributed by atoms with Crippen LogP contribution in [0.4, 0.5) is 18.9 Å². The van der Waals surface area contributed by atoms with Gasteiger partial charge < -0.3 is 19.5 Å². The molecule has 0 radical (unpaired) electrons. The van der Waals surface area contributed by atoms with Crippen LogP contribution in [0.1, 0.15) is 30.0 Å². The molecule has 1 N–H and O–H groups in total. The SMILES string of the molecule is COc1cccc(N2CCN(Cc3nc(-c4ccc(C(F)(F)F)cc4)sc3CSc3ccc(OC(C)(C)C(=O)O)cc3)CC2)c1. The largest absolute Gasteiger partial charge is 0.497 e. The predicted octanol–water partition coefficient (Wildman–Crippen LogP) is 7.69. The zero-order valence-electron chi connectivity index (χ0n) is 25.1. The molecular weight excluding hydrogens is 624 g/mol. The van der Waals surface area contributed by atoms with E-state index in [1.54, 1.807) is 31.0 Å². The van der Waals surface area contributed by atoms with Gasteiger partial charge in [0.05, 0.1) is 18.4 Å². The van der Waals surface area contributed by atoms with Gasteiger partial charge in [-0.3, -0.25) is 4.90 Å². The van der Waals surface area contributed by atoms with Crippen LogP contribution in [-0.2, 0) is 23.3 Å². The highest BCUT2D eigenvalue weighted by Crippen LogP contribution is 2.36. The molecule has 7 nitrogen and oxygen atoms in total. The van der Waals surface area contributed by atoms with Crippen molar-refractivity contribution in [1.29, 1.82) is 0 Å². The van der Waals surface area contributed by atoms with Crippen molar-refractivity contribution in [3.8, 4) is 22.1 Å². The summed E-state index contributed by atoms with van der Waals surface area (Å²) >= 11 is 3.10. The average molecular weight is 658 g/mol. The molecule has 3 aromatic carbocycles. The van der Waals surface area contributed by atoms with Crippen molar-refractivity contribution < 1.29 is 32.5 Å². The van der Waals surface area contributed by atoms with E-state index >= 15 is 0 Å². The minimum Gasteiger partial charge on any atom is -0.497 e. The molecule has 0 aliphatic carbocycles. The summed E-state index contributed by atoms with van der Waals surface area (Å²) in [6.45, 7) is 7.00. The van der Waals surface area contributed by atoms with Crippen LogP contribution in [0.2, 0.25) is 0 Å². The van der Waals surface area contributed by atoms with Gasteiger partial charge >= 0.3 is 12.1 Å². The number of aromatic nitrogens is 1. The third kappa shape index (κ3) is 8.30. The lowest BCUT2D eigenvalue weighted by molar-refractivity contribution is -0.152. The highest BCUT2D eigenvalue weighted by Gasteiger charge is 2.31. The minimum absolute atomic E-state index is 0.461. The number of thiazole rings is 1. The molecular formula is C33H34F3N3O4S2. The number of carbonyl (C=O) groups is 1. The standard InChI is InChI=1S/C33H34F3N3O4S2/c1-32(2,31(40)41)43-25-11-13-27(14-12-25)44-21-29-28(37-30(45-29)22-7-9-23(10-8-22)33(34,35)36)20-38-15-17-39(18-16-38)24-5-4-6-26(19-24)42-3/h4-14,19H,15-18,20-21H2,1-3H3,(H,40,41). The number of hydrogen-bond donors (Lipinski definition) is 1. The number of anilines is 1. The third-order valence-electron chi connectivity index (χ3n) is 7.48. The van der Waals surface area contributed by atoms with E-state index in [4.69, 9.17) is 14.5 Å². The lowest BCUT2D eigenvalue weighted by Crippen LogP contribution is -2.46. The minimum atomic E-state index is -4.40. The first-order valence-corrected chi connectivity index (χ1v) is 16.1. The third-order valence-corrected chi connectivity index (χ3v) is 9.85. The summed E-state index contributed by atoms with van der Waals surface area (Å²) in [7, 11) is 1.66. The van der Waals surface area contributed by atoms with Crippen molar-refractivity contribution >= 4 is 34.8 Å². The zero-order valence-corrected chi connectivity index (χ0v) is 26.8. The van der Waals surface area contributed by atoms with Gasteiger partial charge in [-0.05, 0) is 62.4 Å². The van der Waals surface area contributed by atoms with Gasteiger partial charge in [0, 0.05) is 65.6 Å². The van der Waals surface area contributed by atoms with Crippen molar-refractivity contribution in [3.63, 3.8) is 0 Å². The number of aliphatic carboxylic acids is 1. The zero-order chi connectivity index (χ0) is 32.2. The van der Waals surface area contributed by atoms with Crippen molar-refractivity contribution in [1.82, 2.24) is 9.88 Å². The van der Waals surface area contributed by atoms with Crippen LogP contribution in [0.15, 0.2) is 77.7 Å². The van der Waals surface area contributed by atoms with Crippen molar-refractivity contribution in [2.75, 3.05) is 38.2 Å². The number of halogens is 3. The van der Waals surface area contributed by atoms with E-state index in [9.17, 15) is 23.1 Å². The number of carboxylic acids is 1. The van der Waals surface area contributed by atoms with Crippen molar-refractivity contribution in [2.45, 2.75) is 42.8 Å². The summed E-state index contributed by atoms with van der Waals surface area (Å²) < 4.78 is 50.5. The number of hydrogen-bond acceptors (Lipinski definition) is 8. The van der Waals surface area contributed by atoms with Crippen LogP contribution in [0, 0.1) is 0 Å². The smallest absolute Gasteiger partial charge is 0.416 e. The van der Waals surface area contributed by atoms with E-state index in [2.05, 4.69) is 15.9 Å². The summed E-state index contributed by atoms with van der Waals surface area (Å²) in [5.74, 6) is 0.854. The summed E-state index contributed by atoms with van der Waals surface area (Å²) in [4.78, 5) is 23.0. The number of carboxylic acid groups (broad SMARTS) is 1. The fraction of sp³-hybridized carbons (Fsp3) is 0.333. The molecule has 45 heavy (non-hydrogen) atoms. The molecule has 238 valence electrons. The van der Waals surface area contributed by atoms with Crippen LogP contribution in [0.3, 0.4) is 0 Å². The van der Waals surface area contributed by atoms with Gasteiger partial charge in [-0.15, -0.1) is 23.1 Å². The monoisotopic (exact) mass is 657 g/mol. The number of benzene rings is 3. The second kappa shape index (κ2) is 13.7. The molecule has 1 aliphatic heterocycles. The van der Waals surface area contributed by atoms with Crippen molar-refractivity contribution in [3.05, 3.63) is 88.9 Å². The molecule has 5 rings (SSSR count). The van der Waals surface area contributed by atoms with Crippen LogP contribution in [0.25, 0.3) is 10.6 Å². The highest BCUT2D eigenvalue weighted by molar-refractivity contribution is 7.98. The molecule has 1 aliphatic rings. The Morgan fingerprint density at radius 1 is 0.978 bits per heavy atom. The van der Waals surface area contributed by atoms with Gasteiger partial charge in [-0.2, -0.15) is 13.2 Å². The Balaban J connectivity index is 1.30. The van der Waals surface area contributed by atoms with E-state index in [0.29, 0.717) is 28.6 Å². The lowest BCUT2D eigenvalue weighted by Gasteiger charge is -2.36. The maximum Gasteiger partial charge on any atom is 0.416 e. The number of alkyl halides is 3. The van der Waals surface area contributed by atoms with Crippen LogP contribution < -0.4 is 14.4 Å². The van der Waals surface area contributed by atoms with E-state index in [1.165, 1.54) is 37.3 Å². The van der Waals surface area contributed by atoms with Crippen molar-refractivity contribution in [2.24, 2.45) is 0 Å². The van der Waals surface area contributed by atoms with E-state index in [1.807, 2.05) is 30.3 Å². The van der Waals surface area contributed by atoms with Gasteiger partial charge in [-0.25, -0.2) is 9.78 Å². The molecule has 12 heteroatoms. The summed E-state index contributed by atoms with van der Waals surface area (Å²) in [5, 5.41) is 10.0. The molecule has 1 aromatic heterocycles. The number of rotatable bonds is 11. The summed E-state index contributed by atoms with van der Waals surface area (Å²) in [6, 6.07) is 20.4. The van der Waals surface area contributed by atoms with E-state index < -0.39 is 23.3 Å². The normalized spacial score (nSPS) is 14.4. The molecule has 0 amide bonds. The predicted molar refractivity (Wildman–Crippen MR) is 171 cm³/mol. The molecule has 4 aromatic rings. The quantitative estimate of drug-likeness (QED) is 0.165. The Labute approximate surface area is 268 Å². The summed E-state index contributed by atoms with van der Waals surface area (Å²) in [6.07, 6.45) is -4.40. The molecule has 0 unspecified atom stereocenters. The van der Waals surface area contributed by atoms with E-state index in [0.717, 1.165) is 65.2 Å². The molecule has 0 saturated carbocycles. The Hall–Kier alpha value is -3.74. The van der Waals surface area contributed by atoms with Gasteiger partial charge in [-0.1, -0.05) is 18.2 Å². The maximum absolute atomic E-state index is 13.2. The highest BCUT2D eigenvalue weighted by atomic mass is 32.2. The van der Waals surface area contributed by atoms with Gasteiger partial charge in [0.25, 0.3) is 0 Å². The van der Waals surface area contributed by atoms with Gasteiger partial charge in [0.15, 0.2) is 5.60 Å². The second-order valence-corrected chi connectivity index (χ2v) is 13.2.